The largest absolute Gasteiger partial charge is 0.487 e. The van der Waals surface area contributed by atoms with Crippen molar-refractivity contribution in [2.45, 2.75) is 45.3 Å². The number of carbonyl (C=O) groups is 1. The van der Waals surface area contributed by atoms with Crippen LogP contribution in [-0.4, -0.2) is 55.7 Å². The van der Waals surface area contributed by atoms with Crippen molar-refractivity contribution in [2.75, 3.05) is 44.5 Å². The highest BCUT2D eigenvalue weighted by Gasteiger charge is 2.22. The number of rotatable bonds is 11. The number of benzene rings is 3. The van der Waals surface area contributed by atoms with E-state index in [4.69, 9.17) is 25.8 Å². The molecular formula is C37H40ClN5O4. The van der Waals surface area contributed by atoms with Gasteiger partial charge < -0.3 is 29.7 Å². The maximum absolute atomic E-state index is 13.0. The molecule has 1 aromatic heterocycles. The van der Waals surface area contributed by atoms with E-state index in [2.05, 4.69) is 66.7 Å². The third-order valence-electron chi connectivity index (χ3n) is 7.71. The van der Waals surface area contributed by atoms with Crippen molar-refractivity contribution in [1.82, 2.24) is 9.88 Å². The van der Waals surface area contributed by atoms with Crippen LogP contribution >= 0.6 is 11.6 Å². The van der Waals surface area contributed by atoms with E-state index in [1.807, 2.05) is 31.1 Å². The average Bonchev–Trinajstić information content (AvgIpc) is 3.54. The summed E-state index contributed by atoms with van der Waals surface area (Å²) in [5.41, 5.74) is 4.77. The fourth-order valence-electron chi connectivity index (χ4n) is 5.11. The Morgan fingerprint density at radius 1 is 1.13 bits per heavy atom. The summed E-state index contributed by atoms with van der Waals surface area (Å²) < 4.78 is 17.8. The zero-order chi connectivity index (χ0) is 33.6. The molecule has 1 aliphatic rings. The lowest BCUT2D eigenvalue weighted by atomic mass is 9.87. The van der Waals surface area contributed by atoms with Crippen LogP contribution in [-0.2, 0) is 21.6 Å². The van der Waals surface area contributed by atoms with Gasteiger partial charge in [-0.2, -0.15) is 5.26 Å². The predicted molar refractivity (Wildman–Crippen MR) is 187 cm³/mol. The van der Waals surface area contributed by atoms with E-state index in [1.165, 1.54) is 17.8 Å². The fraction of sp³-hybridized carbons (Fsp3) is 0.324. The molecule has 1 aliphatic heterocycles. The summed E-state index contributed by atoms with van der Waals surface area (Å²) in [7, 11) is 3.85. The van der Waals surface area contributed by atoms with Crippen molar-refractivity contribution in [1.29, 1.82) is 5.26 Å². The predicted octanol–water partition coefficient (Wildman–Crippen LogP) is 7.60. The number of halogens is 1. The van der Waals surface area contributed by atoms with Gasteiger partial charge in [0.2, 0.25) is 5.91 Å². The monoisotopic (exact) mass is 653 g/mol. The average molecular weight is 654 g/mol. The van der Waals surface area contributed by atoms with E-state index in [1.54, 1.807) is 24.3 Å². The standard InChI is InChI=1S/C37H40ClN5O4/c1-37(2,3)26-10-8-24(9-11-26)22-46-31-14-12-27(19-30(31)38)41-34-25(20-39)21-40-35-29(34)13-15-32(47-28-16-18-45-23-28)36(35)42-33(44)7-6-17-43(4)5/h6-15,19,21,28H,16-18,22-23H2,1-5H3,(H,40,41)(H,42,44)/b7-6+. The SMILES string of the molecule is CN(C)C/C=C/C(=O)Nc1c(OC2CCOC2)ccc2c(Nc3ccc(OCc4ccc(C(C)(C)C)cc4)c(Cl)c3)c(C#N)cnc12. The molecule has 2 N–H and O–H groups in total. The van der Waals surface area contributed by atoms with Gasteiger partial charge in [-0.3, -0.25) is 9.78 Å². The highest BCUT2D eigenvalue weighted by molar-refractivity contribution is 6.32. The molecule has 4 aromatic rings. The molecule has 0 radical (unpaired) electrons. The number of hydrogen-bond donors (Lipinski definition) is 2. The number of nitrogens with zero attached hydrogens (tertiary/aromatic N) is 3. The number of nitriles is 1. The topological polar surface area (TPSA) is 109 Å². The normalized spacial score (nSPS) is 14.8. The molecule has 3 aromatic carbocycles. The number of nitrogens with one attached hydrogen (secondary N) is 2. The lowest BCUT2D eigenvalue weighted by Gasteiger charge is -2.19. The molecule has 0 saturated carbocycles. The van der Waals surface area contributed by atoms with Gasteiger partial charge in [0.1, 0.15) is 36.0 Å². The molecule has 1 atom stereocenters. The quantitative estimate of drug-likeness (QED) is 0.159. The summed E-state index contributed by atoms with van der Waals surface area (Å²) in [6, 6.07) is 19.6. The molecule has 1 amide bonds. The van der Waals surface area contributed by atoms with Gasteiger partial charge in [0.15, 0.2) is 0 Å². The molecule has 0 bridgehead atoms. The van der Waals surface area contributed by atoms with Crippen molar-refractivity contribution < 1.29 is 19.0 Å². The number of aromatic nitrogens is 1. The zero-order valence-electron chi connectivity index (χ0n) is 27.4. The molecule has 0 aliphatic carbocycles. The maximum atomic E-state index is 13.0. The summed E-state index contributed by atoms with van der Waals surface area (Å²) in [5.74, 6) is 0.699. The number of likely N-dealkylation sites (N-methyl/N-ethyl adjacent to an activating group) is 1. The lowest BCUT2D eigenvalue weighted by Crippen LogP contribution is -2.18. The first-order valence-electron chi connectivity index (χ1n) is 15.5. The number of pyridine rings is 1. The summed E-state index contributed by atoms with van der Waals surface area (Å²) in [6.45, 7) is 8.62. The third kappa shape index (κ3) is 8.60. The second kappa shape index (κ2) is 14.9. The lowest BCUT2D eigenvalue weighted by molar-refractivity contribution is -0.111. The van der Waals surface area contributed by atoms with Gasteiger partial charge in [0.25, 0.3) is 0 Å². The van der Waals surface area contributed by atoms with E-state index in [9.17, 15) is 10.1 Å². The molecule has 1 fully saturated rings. The summed E-state index contributed by atoms with van der Waals surface area (Å²) in [4.78, 5) is 19.5. The molecule has 1 unspecified atom stereocenters. The van der Waals surface area contributed by atoms with E-state index >= 15 is 0 Å². The van der Waals surface area contributed by atoms with Crippen molar-refractivity contribution in [3.8, 4) is 17.6 Å². The van der Waals surface area contributed by atoms with Crippen LogP contribution in [0.5, 0.6) is 11.5 Å². The Hall–Kier alpha value is -4.62. The Bertz CT molecular complexity index is 1800. The minimum Gasteiger partial charge on any atom is -0.487 e. The van der Waals surface area contributed by atoms with Crippen LogP contribution in [0.3, 0.4) is 0 Å². The summed E-state index contributed by atoms with van der Waals surface area (Å²) in [6.07, 6.45) is 5.34. The molecular weight excluding hydrogens is 614 g/mol. The second-order valence-electron chi connectivity index (χ2n) is 12.8. The van der Waals surface area contributed by atoms with Gasteiger partial charge in [-0.15, -0.1) is 0 Å². The summed E-state index contributed by atoms with van der Waals surface area (Å²) in [5, 5.41) is 17.4. The van der Waals surface area contributed by atoms with Gasteiger partial charge in [0.05, 0.1) is 35.0 Å². The molecule has 10 heteroatoms. The number of fused-ring (bicyclic) bond motifs is 1. The van der Waals surface area contributed by atoms with Crippen molar-refractivity contribution in [2.24, 2.45) is 0 Å². The fourth-order valence-corrected chi connectivity index (χ4v) is 5.34. The van der Waals surface area contributed by atoms with Crippen molar-refractivity contribution in [3.63, 3.8) is 0 Å². The smallest absolute Gasteiger partial charge is 0.248 e. The minimum absolute atomic E-state index is 0.0800. The number of hydrogen-bond acceptors (Lipinski definition) is 8. The zero-order valence-corrected chi connectivity index (χ0v) is 28.1. The highest BCUT2D eigenvalue weighted by atomic mass is 35.5. The molecule has 47 heavy (non-hydrogen) atoms. The Morgan fingerprint density at radius 3 is 2.55 bits per heavy atom. The minimum atomic E-state index is -0.319. The number of anilines is 3. The van der Waals surface area contributed by atoms with Crippen LogP contribution < -0.4 is 20.1 Å². The van der Waals surface area contributed by atoms with Gasteiger partial charge >= 0.3 is 0 Å². The molecule has 0 spiro atoms. The molecule has 5 rings (SSSR count). The highest BCUT2D eigenvalue weighted by Crippen LogP contribution is 2.39. The third-order valence-corrected chi connectivity index (χ3v) is 8.00. The Balaban J connectivity index is 1.41. The Kier molecular flexibility index (Phi) is 10.7. The molecule has 1 saturated heterocycles. The number of ether oxygens (including phenoxy) is 3. The van der Waals surface area contributed by atoms with Gasteiger partial charge in [-0.1, -0.05) is 62.7 Å². The van der Waals surface area contributed by atoms with Gasteiger partial charge in [-0.25, -0.2) is 0 Å². The van der Waals surface area contributed by atoms with E-state index < -0.39 is 0 Å². The van der Waals surface area contributed by atoms with Gasteiger partial charge in [-0.05, 0) is 61.0 Å². The molecule has 9 nitrogen and oxygen atoms in total. The second-order valence-corrected chi connectivity index (χ2v) is 13.2. The van der Waals surface area contributed by atoms with Crippen molar-refractivity contribution >= 4 is 45.5 Å². The first-order chi connectivity index (χ1) is 22.5. The molecule has 244 valence electrons. The van der Waals surface area contributed by atoms with Crippen LogP contribution in [0.4, 0.5) is 17.1 Å². The van der Waals surface area contributed by atoms with Crippen LogP contribution in [0.1, 0.15) is 43.9 Å². The van der Waals surface area contributed by atoms with Crippen LogP contribution in [0.15, 0.2) is 72.9 Å². The van der Waals surface area contributed by atoms with E-state index in [0.29, 0.717) is 76.4 Å². The Morgan fingerprint density at radius 2 is 1.89 bits per heavy atom. The van der Waals surface area contributed by atoms with Crippen LogP contribution in [0.25, 0.3) is 10.9 Å². The van der Waals surface area contributed by atoms with Gasteiger partial charge in [0, 0.05) is 36.3 Å². The first-order valence-corrected chi connectivity index (χ1v) is 15.9. The van der Waals surface area contributed by atoms with Crippen LogP contribution in [0, 0.1) is 11.3 Å². The summed E-state index contributed by atoms with van der Waals surface area (Å²) >= 11 is 6.66. The Labute approximate surface area is 281 Å². The van der Waals surface area contributed by atoms with Crippen LogP contribution in [0.2, 0.25) is 5.02 Å². The first kappa shape index (κ1) is 33.7. The van der Waals surface area contributed by atoms with E-state index in [0.717, 1.165) is 12.0 Å². The van der Waals surface area contributed by atoms with E-state index in [-0.39, 0.29) is 17.4 Å². The molecule has 2 heterocycles. The van der Waals surface area contributed by atoms with Crippen molar-refractivity contribution in [3.05, 3.63) is 94.7 Å². The number of carbonyl (C=O) groups excluding carboxylic acids is 1. The number of amides is 1. The maximum Gasteiger partial charge on any atom is 0.248 e.